The van der Waals surface area contributed by atoms with Gasteiger partial charge in [0.05, 0.1) is 33.5 Å². The Bertz CT molecular complexity index is 3190. The summed E-state index contributed by atoms with van der Waals surface area (Å²) in [6.07, 6.45) is 2.17. The van der Waals surface area contributed by atoms with E-state index in [9.17, 15) is 0 Å². The van der Waals surface area contributed by atoms with Gasteiger partial charge in [0.1, 0.15) is 0 Å². The van der Waals surface area contributed by atoms with Gasteiger partial charge in [-0.3, -0.25) is 4.57 Å². The van der Waals surface area contributed by atoms with Gasteiger partial charge in [-0.25, -0.2) is 9.97 Å². The average Bonchev–Trinajstić information content (AvgIpc) is 3.76. The molecule has 0 aliphatic carbocycles. The second-order valence-corrected chi connectivity index (χ2v) is 13.8. The monoisotopic (exact) mass is 688 g/mol. The molecule has 4 nitrogen and oxygen atoms in total. The Morgan fingerprint density at radius 2 is 1.07 bits per heavy atom. The van der Waals surface area contributed by atoms with Crippen LogP contribution in [0.5, 0.6) is 0 Å². The standard InChI is InChI=1S/C50H32N4/c1-3-14-33(15-4-1)38-29-30-44-42(32-38)46-48(37-17-5-2-6-18-37)53-31-12-11-24-45(53)49(46)54(44)50-51-43-23-10-9-21-41(43)47(52-50)36-27-25-35(26-28-36)40-22-13-19-34-16-7-8-20-39(34)40/h1-32H. The smallest absolute Gasteiger partial charge is 0.235 e. The lowest BCUT2D eigenvalue weighted by Crippen LogP contribution is -2.03. The highest BCUT2D eigenvalue weighted by Gasteiger charge is 2.25. The first kappa shape index (κ1) is 30.3. The largest absolute Gasteiger partial charge is 0.314 e. The molecule has 4 aromatic heterocycles. The van der Waals surface area contributed by atoms with Crippen molar-refractivity contribution < 1.29 is 0 Å². The summed E-state index contributed by atoms with van der Waals surface area (Å²) in [6.45, 7) is 0. The number of hydrogen-bond donors (Lipinski definition) is 0. The average molecular weight is 689 g/mol. The van der Waals surface area contributed by atoms with Crippen LogP contribution >= 0.6 is 0 Å². The first-order chi connectivity index (χ1) is 26.8. The quantitative estimate of drug-likeness (QED) is 0.180. The fourth-order valence-corrected chi connectivity index (χ4v) is 8.29. The van der Waals surface area contributed by atoms with Crippen LogP contribution in [0, 0.1) is 0 Å². The van der Waals surface area contributed by atoms with Gasteiger partial charge in [0.25, 0.3) is 0 Å². The van der Waals surface area contributed by atoms with Gasteiger partial charge < -0.3 is 4.40 Å². The minimum atomic E-state index is 0.644. The molecule has 54 heavy (non-hydrogen) atoms. The van der Waals surface area contributed by atoms with Crippen LogP contribution in [0.25, 0.3) is 99.7 Å². The molecule has 0 saturated carbocycles. The fourth-order valence-electron chi connectivity index (χ4n) is 8.29. The Morgan fingerprint density at radius 3 is 1.91 bits per heavy atom. The van der Waals surface area contributed by atoms with Crippen molar-refractivity contribution in [2.75, 3.05) is 0 Å². The molecule has 0 aliphatic rings. The lowest BCUT2D eigenvalue weighted by molar-refractivity contribution is 1.01. The first-order valence-corrected chi connectivity index (χ1v) is 18.3. The second kappa shape index (κ2) is 12.1. The molecule has 0 unspecified atom stereocenters. The van der Waals surface area contributed by atoms with E-state index in [1.807, 2.05) is 0 Å². The van der Waals surface area contributed by atoms with Crippen LogP contribution in [-0.2, 0) is 0 Å². The van der Waals surface area contributed by atoms with Crippen LogP contribution in [0.1, 0.15) is 0 Å². The second-order valence-electron chi connectivity index (χ2n) is 13.8. The number of pyridine rings is 1. The van der Waals surface area contributed by atoms with Crippen molar-refractivity contribution in [3.05, 3.63) is 194 Å². The van der Waals surface area contributed by atoms with E-state index in [1.54, 1.807) is 0 Å². The molecule has 0 radical (unpaired) electrons. The van der Waals surface area contributed by atoms with Crippen molar-refractivity contribution in [2.24, 2.45) is 0 Å². The molecule has 0 N–H and O–H groups in total. The number of para-hydroxylation sites is 1. The van der Waals surface area contributed by atoms with Crippen molar-refractivity contribution in [3.8, 4) is 50.7 Å². The molecule has 11 rings (SSSR count). The summed E-state index contributed by atoms with van der Waals surface area (Å²) < 4.78 is 4.60. The normalized spacial score (nSPS) is 11.7. The number of nitrogens with zero attached hydrogens (tertiary/aromatic N) is 4. The molecule has 0 fully saturated rings. The number of benzene rings is 7. The number of hydrogen-bond acceptors (Lipinski definition) is 2. The summed E-state index contributed by atoms with van der Waals surface area (Å²) in [5.74, 6) is 0.644. The third-order valence-electron chi connectivity index (χ3n) is 10.8. The van der Waals surface area contributed by atoms with E-state index in [0.29, 0.717) is 5.95 Å². The Kier molecular flexibility index (Phi) is 6.82. The van der Waals surface area contributed by atoms with Crippen molar-refractivity contribution in [1.82, 2.24) is 18.9 Å². The predicted octanol–water partition coefficient (Wildman–Crippen LogP) is 12.8. The maximum Gasteiger partial charge on any atom is 0.235 e. The van der Waals surface area contributed by atoms with Crippen molar-refractivity contribution in [3.63, 3.8) is 0 Å². The molecular weight excluding hydrogens is 657 g/mol. The van der Waals surface area contributed by atoms with Crippen LogP contribution in [-0.4, -0.2) is 18.9 Å². The summed E-state index contributed by atoms with van der Waals surface area (Å²) in [5.41, 5.74) is 13.2. The molecule has 4 heterocycles. The summed E-state index contributed by atoms with van der Waals surface area (Å²) in [7, 11) is 0. The Balaban J connectivity index is 1.19. The van der Waals surface area contributed by atoms with E-state index in [2.05, 4.69) is 203 Å². The minimum Gasteiger partial charge on any atom is -0.314 e. The van der Waals surface area contributed by atoms with Crippen molar-refractivity contribution in [2.45, 2.75) is 0 Å². The molecule has 0 bridgehead atoms. The third-order valence-corrected chi connectivity index (χ3v) is 10.8. The van der Waals surface area contributed by atoms with Crippen LogP contribution in [0.4, 0.5) is 0 Å². The highest BCUT2D eigenvalue weighted by Crippen LogP contribution is 2.44. The van der Waals surface area contributed by atoms with Crippen LogP contribution < -0.4 is 0 Å². The molecular formula is C50H32N4. The number of rotatable bonds is 5. The molecule has 0 atom stereocenters. The van der Waals surface area contributed by atoms with Gasteiger partial charge in [-0.1, -0.05) is 158 Å². The molecule has 252 valence electrons. The van der Waals surface area contributed by atoms with Crippen LogP contribution in [0.2, 0.25) is 0 Å². The van der Waals surface area contributed by atoms with Crippen molar-refractivity contribution in [1.29, 1.82) is 0 Å². The van der Waals surface area contributed by atoms with Gasteiger partial charge in [0.2, 0.25) is 5.95 Å². The van der Waals surface area contributed by atoms with E-state index in [-0.39, 0.29) is 0 Å². The zero-order valence-electron chi connectivity index (χ0n) is 29.3. The van der Waals surface area contributed by atoms with E-state index in [0.717, 1.165) is 55.4 Å². The number of aromatic nitrogens is 4. The van der Waals surface area contributed by atoms with Gasteiger partial charge >= 0.3 is 0 Å². The van der Waals surface area contributed by atoms with Gasteiger partial charge in [0, 0.05) is 27.9 Å². The minimum absolute atomic E-state index is 0.644. The summed E-state index contributed by atoms with van der Waals surface area (Å²) >= 11 is 0. The lowest BCUT2D eigenvalue weighted by Gasteiger charge is -2.13. The molecule has 0 saturated heterocycles. The Labute approximate surface area is 311 Å². The van der Waals surface area contributed by atoms with Crippen LogP contribution in [0.15, 0.2) is 194 Å². The van der Waals surface area contributed by atoms with Crippen molar-refractivity contribution >= 4 is 49.0 Å². The predicted molar refractivity (Wildman–Crippen MR) is 224 cm³/mol. The molecule has 0 amide bonds. The zero-order valence-corrected chi connectivity index (χ0v) is 29.3. The molecule has 7 aromatic carbocycles. The van der Waals surface area contributed by atoms with Gasteiger partial charge in [0.15, 0.2) is 0 Å². The molecule has 11 aromatic rings. The Hall–Kier alpha value is -7.30. The van der Waals surface area contributed by atoms with Crippen LogP contribution in [0.3, 0.4) is 0 Å². The van der Waals surface area contributed by atoms with E-state index in [4.69, 9.17) is 9.97 Å². The van der Waals surface area contributed by atoms with Gasteiger partial charge in [-0.05, 0) is 68.9 Å². The Morgan fingerprint density at radius 1 is 0.407 bits per heavy atom. The first-order valence-electron chi connectivity index (χ1n) is 18.3. The SMILES string of the molecule is c1ccc(-c2ccc3c(c2)c2c(-c4ccccc4)n4ccccc4c2n3-c2nc(-c3ccc(-c4cccc5ccccc45)cc3)c3ccccc3n2)cc1. The molecule has 4 heteroatoms. The summed E-state index contributed by atoms with van der Waals surface area (Å²) in [6, 6.07) is 66.8. The maximum atomic E-state index is 5.48. The maximum absolute atomic E-state index is 5.48. The lowest BCUT2D eigenvalue weighted by atomic mass is 9.96. The van der Waals surface area contributed by atoms with E-state index < -0.39 is 0 Å². The third kappa shape index (κ3) is 4.70. The zero-order chi connectivity index (χ0) is 35.6. The molecule has 0 spiro atoms. The van der Waals surface area contributed by atoms with E-state index in [1.165, 1.54) is 38.4 Å². The highest BCUT2D eigenvalue weighted by atomic mass is 15.2. The summed E-state index contributed by atoms with van der Waals surface area (Å²) in [5, 5.41) is 5.84. The fraction of sp³-hybridized carbons (Fsp3) is 0. The van der Waals surface area contributed by atoms with Gasteiger partial charge in [-0.2, -0.15) is 0 Å². The van der Waals surface area contributed by atoms with E-state index >= 15 is 0 Å². The summed E-state index contributed by atoms with van der Waals surface area (Å²) in [4.78, 5) is 10.8. The number of fused-ring (bicyclic) bond motifs is 7. The van der Waals surface area contributed by atoms with Gasteiger partial charge in [-0.15, -0.1) is 0 Å². The molecule has 0 aliphatic heterocycles. The topological polar surface area (TPSA) is 35.1 Å². The highest BCUT2D eigenvalue weighted by molar-refractivity contribution is 6.21.